The molecule has 0 amide bonds. The van der Waals surface area contributed by atoms with Crippen molar-refractivity contribution < 1.29 is 9.53 Å². The minimum Gasteiger partial charge on any atom is -0.463 e. The van der Waals surface area contributed by atoms with Gasteiger partial charge in [0.25, 0.3) is 0 Å². The van der Waals surface area contributed by atoms with Gasteiger partial charge in [0.2, 0.25) is 0 Å². The van der Waals surface area contributed by atoms with Crippen molar-refractivity contribution in [3.05, 3.63) is 12.2 Å². The zero-order chi connectivity index (χ0) is 10.3. The molecule has 0 aromatic heterocycles. The Kier molecular flexibility index (Phi) is 6.29. The molecule has 0 aliphatic carbocycles. The van der Waals surface area contributed by atoms with E-state index in [1.807, 2.05) is 13.0 Å². The summed E-state index contributed by atoms with van der Waals surface area (Å²) in [5.74, 6) is 0.879. The molecule has 0 heterocycles. The van der Waals surface area contributed by atoms with Crippen LogP contribution >= 0.6 is 0 Å². The fraction of sp³-hybridized carbons (Fsp3) is 0.727. The summed E-state index contributed by atoms with van der Waals surface area (Å²) in [7, 11) is 0. The lowest BCUT2D eigenvalue weighted by Gasteiger charge is -2.08. The third-order valence-corrected chi connectivity index (χ3v) is 1.69. The van der Waals surface area contributed by atoms with Gasteiger partial charge in [-0.1, -0.05) is 26.8 Å². The second-order valence-corrected chi connectivity index (χ2v) is 3.72. The third kappa shape index (κ3) is 7.57. The zero-order valence-corrected chi connectivity index (χ0v) is 9.04. The van der Waals surface area contributed by atoms with Gasteiger partial charge in [-0.25, -0.2) is 4.79 Å². The number of esters is 1. The van der Waals surface area contributed by atoms with E-state index in [-0.39, 0.29) is 5.97 Å². The Balaban J connectivity index is 3.75. The van der Waals surface area contributed by atoms with Crippen molar-refractivity contribution in [3.63, 3.8) is 0 Å². The van der Waals surface area contributed by atoms with Crippen LogP contribution in [0.3, 0.4) is 0 Å². The molecule has 76 valence electrons. The minimum atomic E-state index is -0.238. The highest BCUT2D eigenvalue weighted by molar-refractivity contribution is 5.81. The van der Waals surface area contributed by atoms with E-state index < -0.39 is 0 Å². The Bertz CT molecular complexity index is 171. The van der Waals surface area contributed by atoms with Crippen LogP contribution in [-0.4, -0.2) is 12.6 Å². The van der Waals surface area contributed by atoms with Crippen LogP contribution < -0.4 is 0 Å². The lowest BCUT2D eigenvalue weighted by molar-refractivity contribution is -0.137. The summed E-state index contributed by atoms with van der Waals surface area (Å²) in [4.78, 5) is 10.9. The van der Waals surface area contributed by atoms with Gasteiger partial charge in [-0.3, -0.25) is 0 Å². The predicted molar refractivity (Wildman–Crippen MR) is 54.4 cm³/mol. The van der Waals surface area contributed by atoms with Crippen LogP contribution in [0.25, 0.3) is 0 Å². The Hall–Kier alpha value is -0.790. The van der Waals surface area contributed by atoms with Crippen LogP contribution in [0, 0.1) is 11.8 Å². The van der Waals surface area contributed by atoms with Crippen molar-refractivity contribution in [2.75, 3.05) is 6.61 Å². The number of ether oxygens (including phenoxy) is 1. The van der Waals surface area contributed by atoms with Gasteiger partial charge in [0.05, 0.1) is 6.61 Å². The average Bonchev–Trinajstić information content (AvgIpc) is 2.00. The number of rotatable bonds is 5. The normalized spacial score (nSPS) is 13.6. The number of hydrogen-bond acceptors (Lipinski definition) is 2. The first-order valence-electron chi connectivity index (χ1n) is 4.91. The number of allylic oxidation sites excluding steroid dienone is 1. The molecule has 1 atom stereocenters. The molecule has 0 radical (unpaired) electrons. The standard InChI is InChI=1S/C11H20O2/c1-5-13-11(12)7-6-10(4)8-9(2)3/h6-7,9-10H,5,8H2,1-4H3/b7-6-/t10-/m0/s1. The highest BCUT2D eigenvalue weighted by Crippen LogP contribution is 2.11. The molecule has 0 fully saturated rings. The summed E-state index contributed by atoms with van der Waals surface area (Å²) in [5, 5.41) is 0. The maximum Gasteiger partial charge on any atom is 0.330 e. The zero-order valence-electron chi connectivity index (χ0n) is 9.04. The average molecular weight is 184 g/mol. The maximum absolute atomic E-state index is 10.9. The molecule has 0 rings (SSSR count). The number of carbonyl (C=O) groups excluding carboxylic acids is 1. The maximum atomic E-state index is 10.9. The van der Waals surface area contributed by atoms with E-state index in [0.717, 1.165) is 6.42 Å². The summed E-state index contributed by atoms with van der Waals surface area (Å²) in [6.45, 7) is 8.71. The predicted octanol–water partition coefficient (Wildman–Crippen LogP) is 2.79. The highest BCUT2D eigenvalue weighted by Gasteiger charge is 2.01. The first kappa shape index (κ1) is 12.2. The van der Waals surface area contributed by atoms with Crippen molar-refractivity contribution in [1.29, 1.82) is 0 Å². The second kappa shape index (κ2) is 6.70. The molecule has 2 nitrogen and oxygen atoms in total. The number of carbonyl (C=O) groups is 1. The van der Waals surface area contributed by atoms with Gasteiger partial charge >= 0.3 is 5.97 Å². The van der Waals surface area contributed by atoms with Crippen LogP contribution in [0.4, 0.5) is 0 Å². The van der Waals surface area contributed by atoms with Gasteiger partial charge in [0, 0.05) is 6.08 Å². The largest absolute Gasteiger partial charge is 0.463 e. The topological polar surface area (TPSA) is 26.3 Å². The Morgan fingerprint density at radius 2 is 2.00 bits per heavy atom. The Morgan fingerprint density at radius 1 is 1.38 bits per heavy atom. The van der Waals surface area contributed by atoms with Crippen molar-refractivity contribution in [2.24, 2.45) is 11.8 Å². The van der Waals surface area contributed by atoms with Crippen LogP contribution in [0.2, 0.25) is 0 Å². The van der Waals surface area contributed by atoms with Crippen molar-refractivity contribution >= 4 is 5.97 Å². The molecule has 2 heteroatoms. The van der Waals surface area contributed by atoms with E-state index >= 15 is 0 Å². The van der Waals surface area contributed by atoms with E-state index in [0.29, 0.717) is 18.4 Å². The SMILES string of the molecule is CCOC(=O)/C=C\[C@H](C)CC(C)C. The van der Waals surface area contributed by atoms with Crippen LogP contribution in [0.1, 0.15) is 34.1 Å². The molecule has 0 aliphatic rings. The number of hydrogen-bond donors (Lipinski definition) is 0. The van der Waals surface area contributed by atoms with Gasteiger partial charge < -0.3 is 4.74 Å². The molecule has 13 heavy (non-hydrogen) atoms. The van der Waals surface area contributed by atoms with Crippen LogP contribution in [-0.2, 0) is 9.53 Å². The smallest absolute Gasteiger partial charge is 0.330 e. The fourth-order valence-corrected chi connectivity index (χ4v) is 1.26. The highest BCUT2D eigenvalue weighted by atomic mass is 16.5. The lowest BCUT2D eigenvalue weighted by atomic mass is 9.99. The molecular formula is C11H20O2. The van der Waals surface area contributed by atoms with Crippen LogP contribution in [0.15, 0.2) is 12.2 Å². The van der Waals surface area contributed by atoms with Gasteiger partial charge in [-0.15, -0.1) is 0 Å². The molecule has 0 spiro atoms. The molecule has 0 saturated carbocycles. The molecule has 0 unspecified atom stereocenters. The Morgan fingerprint density at radius 3 is 2.46 bits per heavy atom. The molecule has 0 saturated heterocycles. The molecule has 0 aliphatic heterocycles. The van der Waals surface area contributed by atoms with Crippen molar-refractivity contribution in [3.8, 4) is 0 Å². The lowest BCUT2D eigenvalue weighted by Crippen LogP contribution is -2.01. The van der Waals surface area contributed by atoms with E-state index in [1.165, 1.54) is 6.08 Å². The fourth-order valence-electron chi connectivity index (χ4n) is 1.26. The quantitative estimate of drug-likeness (QED) is 0.485. The van der Waals surface area contributed by atoms with E-state index in [2.05, 4.69) is 20.8 Å². The van der Waals surface area contributed by atoms with Crippen molar-refractivity contribution in [1.82, 2.24) is 0 Å². The summed E-state index contributed by atoms with van der Waals surface area (Å²) in [6, 6.07) is 0. The van der Waals surface area contributed by atoms with Gasteiger partial charge in [-0.05, 0) is 25.2 Å². The first-order chi connectivity index (χ1) is 6.06. The van der Waals surface area contributed by atoms with E-state index in [1.54, 1.807) is 0 Å². The Labute approximate surface area is 81.0 Å². The van der Waals surface area contributed by atoms with Gasteiger partial charge in [0.1, 0.15) is 0 Å². The van der Waals surface area contributed by atoms with E-state index in [4.69, 9.17) is 4.74 Å². The van der Waals surface area contributed by atoms with E-state index in [9.17, 15) is 4.79 Å². The minimum absolute atomic E-state index is 0.238. The molecule has 0 aromatic rings. The monoisotopic (exact) mass is 184 g/mol. The first-order valence-corrected chi connectivity index (χ1v) is 4.91. The van der Waals surface area contributed by atoms with Gasteiger partial charge in [0.15, 0.2) is 0 Å². The summed E-state index contributed by atoms with van der Waals surface area (Å²) >= 11 is 0. The summed E-state index contributed by atoms with van der Waals surface area (Å²) in [6.07, 6.45) is 4.55. The third-order valence-electron chi connectivity index (χ3n) is 1.69. The van der Waals surface area contributed by atoms with Gasteiger partial charge in [-0.2, -0.15) is 0 Å². The van der Waals surface area contributed by atoms with Crippen molar-refractivity contribution in [2.45, 2.75) is 34.1 Å². The molecule has 0 bridgehead atoms. The molecule has 0 aromatic carbocycles. The second-order valence-electron chi connectivity index (χ2n) is 3.72. The van der Waals surface area contributed by atoms with Crippen LogP contribution in [0.5, 0.6) is 0 Å². The molecular weight excluding hydrogens is 164 g/mol. The molecule has 0 N–H and O–H groups in total. The summed E-state index contributed by atoms with van der Waals surface area (Å²) in [5.41, 5.74) is 0. The summed E-state index contributed by atoms with van der Waals surface area (Å²) < 4.78 is 4.77.